The summed E-state index contributed by atoms with van der Waals surface area (Å²) < 4.78 is 0. The minimum absolute atomic E-state index is 0.614. The molecule has 4 heteroatoms. The summed E-state index contributed by atoms with van der Waals surface area (Å²) >= 11 is 0. The van der Waals surface area contributed by atoms with Gasteiger partial charge in [-0.1, -0.05) is 164 Å². The van der Waals surface area contributed by atoms with Crippen LogP contribution in [0.2, 0.25) is 0 Å². The van der Waals surface area contributed by atoms with Crippen LogP contribution in [0.3, 0.4) is 0 Å². The second-order valence-electron chi connectivity index (χ2n) is 11.9. The molecule has 9 rings (SSSR count). The van der Waals surface area contributed by atoms with Crippen molar-refractivity contribution in [3.05, 3.63) is 170 Å². The lowest BCUT2D eigenvalue weighted by Gasteiger charge is -2.13. The first-order chi connectivity index (χ1) is 23.8. The zero-order chi connectivity index (χ0) is 31.9. The zero-order valence-electron chi connectivity index (χ0n) is 26.0. The number of aromatic nitrogens is 4. The Balaban J connectivity index is 1.20. The monoisotopic (exact) mass is 612 g/mol. The number of pyridine rings is 1. The highest BCUT2D eigenvalue weighted by molar-refractivity contribution is 6.18. The fourth-order valence-electron chi connectivity index (χ4n) is 6.51. The van der Waals surface area contributed by atoms with Crippen LogP contribution in [0.25, 0.3) is 89.0 Å². The van der Waals surface area contributed by atoms with Crippen LogP contribution in [-0.4, -0.2) is 19.9 Å². The molecule has 0 saturated carbocycles. The highest BCUT2D eigenvalue weighted by Gasteiger charge is 2.16. The molecule has 2 aromatic heterocycles. The van der Waals surface area contributed by atoms with Gasteiger partial charge in [-0.25, -0.2) is 19.9 Å². The average Bonchev–Trinajstić information content (AvgIpc) is 3.18. The van der Waals surface area contributed by atoms with Crippen molar-refractivity contribution >= 4 is 32.4 Å². The summed E-state index contributed by atoms with van der Waals surface area (Å²) in [6.45, 7) is 0. The van der Waals surface area contributed by atoms with Gasteiger partial charge < -0.3 is 0 Å². The van der Waals surface area contributed by atoms with Crippen LogP contribution in [0, 0.1) is 0 Å². The van der Waals surface area contributed by atoms with Gasteiger partial charge in [0.2, 0.25) is 0 Å². The van der Waals surface area contributed by atoms with Crippen molar-refractivity contribution in [2.24, 2.45) is 0 Å². The summed E-state index contributed by atoms with van der Waals surface area (Å²) in [7, 11) is 0. The maximum Gasteiger partial charge on any atom is 0.164 e. The minimum Gasteiger partial charge on any atom is -0.246 e. The standard InChI is InChI=1S/C44H28N4/c1-3-12-29(13-4-1)30-22-24-33(25-23-30)43-46-42(32-15-5-2-6-16-32)47-44(48-43)35-18-11-17-34(28-35)40-38-21-10-9-20-37(38)39-27-26-31-14-7-8-19-36(31)41(39)45-40/h1-28H. The van der Waals surface area contributed by atoms with E-state index in [2.05, 4.69) is 133 Å². The van der Waals surface area contributed by atoms with E-state index in [9.17, 15) is 0 Å². The highest BCUT2D eigenvalue weighted by atomic mass is 15.0. The molecular weight excluding hydrogens is 585 g/mol. The SMILES string of the molecule is c1ccc(-c2ccc(-c3nc(-c4ccccc4)nc(-c4cccc(-c5nc6c7ccccc7ccc6c6ccccc56)c4)n3)cc2)cc1. The second kappa shape index (κ2) is 11.7. The van der Waals surface area contributed by atoms with E-state index in [1.165, 1.54) is 16.3 Å². The lowest BCUT2D eigenvalue weighted by atomic mass is 9.97. The van der Waals surface area contributed by atoms with Crippen molar-refractivity contribution in [1.82, 2.24) is 19.9 Å². The van der Waals surface area contributed by atoms with Crippen LogP contribution in [-0.2, 0) is 0 Å². The van der Waals surface area contributed by atoms with E-state index in [1.54, 1.807) is 0 Å². The van der Waals surface area contributed by atoms with Crippen LogP contribution in [0.1, 0.15) is 0 Å². The highest BCUT2D eigenvalue weighted by Crippen LogP contribution is 2.37. The van der Waals surface area contributed by atoms with E-state index in [4.69, 9.17) is 19.9 Å². The summed E-state index contributed by atoms with van der Waals surface area (Å²) in [5.74, 6) is 1.88. The van der Waals surface area contributed by atoms with Gasteiger partial charge in [-0.15, -0.1) is 0 Å². The summed E-state index contributed by atoms with van der Waals surface area (Å²) in [5.41, 5.74) is 8.03. The number of hydrogen-bond acceptors (Lipinski definition) is 4. The van der Waals surface area contributed by atoms with Crippen LogP contribution >= 0.6 is 0 Å². The van der Waals surface area contributed by atoms with E-state index in [1.807, 2.05) is 36.4 Å². The van der Waals surface area contributed by atoms with Crippen LogP contribution in [0.5, 0.6) is 0 Å². The van der Waals surface area contributed by atoms with Crippen molar-refractivity contribution in [1.29, 1.82) is 0 Å². The fourth-order valence-corrected chi connectivity index (χ4v) is 6.51. The molecule has 0 atom stereocenters. The van der Waals surface area contributed by atoms with Gasteiger partial charge >= 0.3 is 0 Å². The third kappa shape index (κ3) is 4.97. The predicted octanol–water partition coefficient (Wildman–Crippen LogP) is 11.1. The van der Waals surface area contributed by atoms with Crippen molar-refractivity contribution in [3.8, 4) is 56.5 Å². The summed E-state index contributed by atoms with van der Waals surface area (Å²) in [4.78, 5) is 20.4. The van der Waals surface area contributed by atoms with Crippen molar-refractivity contribution < 1.29 is 0 Å². The lowest BCUT2D eigenvalue weighted by molar-refractivity contribution is 1.07. The first-order valence-corrected chi connectivity index (χ1v) is 16.1. The van der Waals surface area contributed by atoms with Gasteiger partial charge in [0, 0.05) is 38.4 Å². The van der Waals surface area contributed by atoms with E-state index in [-0.39, 0.29) is 0 Å². The maximum atomic E-state index is 5.35. The molecule has 48 heavy (non-hydrogen) atoms. The molecule has 0 fully saturated rings. The fraction of sp³-hybridized carbons (Fsp3) is 0. The smallest absolute Gasteiger partial charge is 0.164 e. The average molecular weight is 613 g/mol. The quantitative estimate of drug-likeness (QED) is 0.181. The second-order valence-corrected chi connectivity index (χ2v) is 11.9. The van der Waals surface area contributed by atoms with Gasteiger partial charge in [0.25, 0.3) is 0 Å². The molecule has 2 heterocycles. The molecule has 0 spiro atoms. The minimum atomic E-state index is 0.614. The van der Waals surface area contributed by atoms with Gasteiger partial charge in [0.1, 0.15) is 0 Å². The number of rotatable bonds is 5. The molecule has 0 unspecified atom stereocenters. The molecule has 0 radical (unpaired) electrons. The molecule has 224 valence electrons. The van der Waals surface area contributed by atoms with Crippen molar-refractivity contribution in [3.63, 3.8) is 0 Å². The topological polar surface area (TPSA) is 51.6 Å². The molecule has 0 aliphatic heterocycles. The van der Waals surface area contributed by atoms with E-state index < -0.39 is 0 Å². The Morgan fingerprint density at radius 2 is 0.771 bits per heavy atom. The van der Waals surface area contributed by atoms with Crippen LogP contribution in [0.15, 0.2) is 170 Å². The summed E-state index contributed by atoms with van der Waals surface area (Å²) in [5, 5.41) is 5.76. The molecule has 0 amide bonds. The first kappa shape index (κ1) is 27.8. The number of hydrogen-bond donors (Lipinski definition) is 0. The lowest BCUT2D eigenvalue weighted by Crippen LogP contribution is -2.00. The summed E-state index contributed by atoms with van der Waals surface area (Å²) in [6.07, 6.45) is 0. The van der Waals surface area contributed by atoms with Crippen molar-refractivity contribution in [2.45, 2.75) is 0 Å². The first-order valence-electron chi connectivity index (χ1n) is 16.1. The zero-order valence-corrected chi connectivity index (χ0v) is 26.0. The molecule has 7 aromatic carbocycles. The number of benzene rings is 7. The Labute approximate surface area is 278 Å². The molecule has 0 saturated heterocycles. The van der Waals surface area contributed by atoms with Crippen LogP contribution in [0.4, 0.5) is 0 Å². The van der Waals surface area contributed by atoms with Gasteiger partial charge in [-0.05, 0) is 28.0 Å². The Kier molecular flexibility index (Phi) is 6.76. The predicted molar refractivity (Wildman–Crippen MR) is 197 cm³/mol. The normalized spacial score (nSPS) is 11.3. The maximum absolute atomic E-state index is 5.35. The molecule has 0 aliphatic rings. The Morgan fingerprint density at radius 1 is 0.271 bits per heavy atom. The van der Waals surface area contributed by atoms with E-state index in [0.29, 0.717) is 17.5 Å². The van der Waals surface area contributed by atoms with Gasteiger partial charge in [-0.2, -0.15) is 0 Å². The van der Waals surface area contributed by atoms with Crippen LogP contribution < -0.4 is 0 Å². The number of fused-ring (bicyclic) bond motifs is 5. The summed E-state index contributed by atoms with van der Waals surface area (Å²) in [6, 6.07) is 58.6. The molecule has 0 N–H and O–H groups in total. The Morgan fingerprint density at radius 3 is 1.50 bits per heavy atom. The van der Waals surface area contributed by atoms with Gasteiger partial charge in [0.15, 0.2) is 17.5 Å². The van der Waals surface area contributed by atoms with Crippen molar-refractivity contribution in [2.75, 3.05) is 0 Å². The Hall–Kier alpha value is -6.52. The van der Waals surface area contributed by atoms with E-state index >= 15 is 0 Å². The third-order valence-corrected chi connectivity index (χ3v) is 8.91. The number of nitrogens with zero attached hydrogens (tertiary/aromatic N) is 4. The molecular formula is C44H28N4. The molecule has 4 nitrogen and oxygen atoms in total. The molecule has 0 aliphatic carbocycles. The Bertz CT molecular complexity index is 2600. The molecule has 0 bridgehead atoms. The van der Waals surface area contributed by atoms with E-state index in [0.717, 1.165) is 55.2 Å². The largest absolute Gasteiger partial charge is 0.246 e. The third-order valence-electron chi connectivity index (χ3n) is 8.91. The van der Waals surface area contributed by atoms with Gasteiger partial charge in [-0.3, -0.25) is 0 Å². The van der Waals surface area contributed by atoms with Gasteiger partial charge in [0.05, 0.1) is 11.2 Å². The molecule has 9 aromatic rings.